The highest BCUT2D eigenvalue weighted by Crippen LogP contribution is 2.33. The first kappa shape index (κ1) is 69.4. The molecule has 0 bridgehead atoms. The second-order valence-corrected chi connectivity index (χ2v) is 27.4. The number of aromatic nitrogens is 2. The minimum atomic E-state index is -1.17. The normalized spacial score (nSPS) is 21.1. The number of amides is 6. The van der Waals surface area contributed by atoms with Gasteiger partial charge in [0.1, 0.15) is 66.3 Å². The molecular weight excluding hydrogens is 1140 g/mol. The molecule has 0 unspecified atom stereocenters. The average molecular weight is 1230 g/mol. The number of nitrogens with zero attached hydrogens (tertiary/aromatic N) is 4. The third-order valence-electron chi connectivity index (χ3n) is 14.9. The Bertz CT molecular complexity index is 2620. The monoisotopic (exact) mass is 1230 g/mol. The van der Waals surface area contributed by atoms with E-state index in [0.29, 0.717) is 15.9 Å². The van der Waals surface area contributed by atoms with Crippen LogP contribution in [0.15, 0.2) is 49.3 Å². The minimum absolute atomic E-state index is 0.00473. The van der Waals surface area contributed by atoms with Gasteiger partial charge in [0.2, 0.25) is 35.4 Å². The predicted octanol–water partition coefficient (Wildman–Crippen LogP) is 8.99. The number of esters is 1. The molecule has 0 radical (unpaired) electrons. The zero-order valence-corrected chi connectivity index (χ0v) is 52.9. The van der Waals surface area contributed by atoms with Crippen molar-refractivity contribution >= 4 is 71.0 Å². The van der Waals surface area contributed by atoms with E-state index in [9.17, 15) is 43.5 Å². The van der Waals surface area contributed by atoms with E-state index in [1.165, 1.54) is 28.3 Å². The molecule has 472 valence electrons. The maximum Gasteiger partial charge on any atom is 0.408 e. The fourth-order valence-electron chi connectivity index (χ4n) is 10.8. The van der Waals surface area contributed by atoms with Crippen LogP contribution in [-0.2, 0) is 43.0 Å². The fraction of sp³-hybridized carbons (Fsp3) is 0.672. The Morgan fingerprint density at radius 3 is 1.31 bits per heavy atom. The van der Waals surface area contributed by atoms with E-state index in [4.69, 9.17) is 46.9 Å². The predicted molar refractivity (Wildman–Crippen MR) is 319 cm³/mol. The summed E-state index contributed by atoms with van der Waals surface area (Å²) in [6.07, 6.45) is 10.9. The van der Waals surface area contributed by atoms with Crippen LogP contribution in [0.1, 0.15) is 160 Å². The molecule has 2 aliphatic carbocycles. The molecule has 2 aliphatic heterocycles. The number of hydrogen-bond donors (Lipinski definition) is 5. The Morgan fingerprint density at radius 1 is 0.600 bits per heavy atom. The van der Waals surface area contributed by atoms with Gasteiger partial charge in [-0.05, 0) is 102 Å². The molecule has 8 atom stereocenters. The lowest BCUT2D eigenvalue weighted by Gasteiger charge is -2.37. The highest BCUT2D eigenvalue weighted by molar-refractivity contribution is 6.30. The quantitative estimate of drug-likeness (QED) is 0.0529. The van der Waals surface area contributed by atoms with Gasteiger partial charge >= 0.3 is 24.1 Å². The number of alkyl carbamates (subject to hydrolysis) is 2. The van der Waals surface area contributed by atoms with Gasteiger partial charge < -0.3 is 59.9 Å². The highest BCUT2D eigenvalue weighted by Gasteiger charge is 2.49. The average Bonchev–Trinajstić information content (AvgIpc) is 3.40. The first-order valence-electron chi connectivity index (χ1n) is 29.4. The van der Waals surface area contributed by atoms with Gasteiger partial charge in [-0.3, -0.25) is 19.2 Å². The third kappa shape index (κ3) is 21.5. The van der Waals surface area contributed by atoms with E-state index in [1.807, 2.05) is 20.8 Å². The lowest BCUT2D eigenvalue weighted by molar-refractivity contribution is -0.154. The van der Waals surface area contributed by atoms with Crippen molar-refractivity contribution in [3.63, 3.8) is 0 Å². The Hall–Kier alpha value is -6.42. The summed E-state index contributed by atoms with van der Waals surface area (Å²) in [5, 5.41) is 22.1. The molecule has 4 fully saturated rings. The van der Waals surface area contributed by atoms with E-state index in [2.05, 4.69) is 37.8 Å². The van der Waals surface area contributed by atoms with Gasteiger partial charge in [0.15, 0.2) is 0 Å². The topological polar surface area (TPSA) is 283 Å². The van der Waals surface area contributed by atoms with Crippen LogP contribution in [0.4, 0.5) is 9.59 Å². The smallest absolute Gasteiger partial charge is 0.408 e. The van der Waals surface area contributed by atoms with Crippen molar-refractivity contribution in [3.8, 4) is 11.8 Å². The summed E-state index contributed by atoms with van der Waals surface area (Å²) < 4.78 is 28.1. The lowest BCUT2D eigenvalue weighted by Crippen LogP contribution is -2.61. The van der Waals surface area contributed by atoms with E-state index in [1.54, 1.807) is 86.6 Å². The number of nitrogens with one attached hydrogen (secondary N) is 4. The maximum atomic E-state index is 14.3. The number of carbonyl (C=O) groups is 8. The zero-order valence-electron chi connectivity index (χ0n) is 51.4. The van der Waals surface area contributed by atoms with Gasteiger partial charge in [-0.15, -0.1) is 0 Å². The van der Waals surface area contributed by atoms with Crippen molar-refractivity contribution in [1.29, 1.82) is 0 Å². The second kappa shape index (κ2) is 30.3. The number of carboxylic acid groups (broad SMARTS) is 1. The maximum absolute atomic E-state index is 14.3. The van der Waals surface area contributed by atoms with Crippen LogP contribution in [0.5, 0.6) is 11.8 Å². The standard InChI is InChI=1S/C32H47ClN4O7.C29H43ClN4O7/c1-8-16-42-29(40)23-17-22(43-24-15-14-21(33)18-34-24)19-37(23)28(39)26(31(2,3)4)36-27(38)25(20-12-10-9-11-13-20)35-30(41)44-32(5,6)7;1-28(2,3)23(33-24(35)22(17-10-8-7-9-11-17)32-27(39)41-29(4,5)6)25(36)34-16-19(14-20(34)26(37)38)40-21-13-12-18(30)15-31-21/h8,14-15,18,20,22-23,25-26H,1,9-13,16-17,19H2,2-7H3,(H,35,41)(H,36,38);12-13,15,17,19-20,22-23H,7-11,14,16H2,1-6H3,(H,32,39)(H,33,35)(H,37,38)/t22-,23+,25+,26-;19-,20+,22+,23-/m11/s1. The van der Waals surface area contributed by atoms with Crippen LogP contribution in [-0.4, -0.2) is 152 Å². The number of rotatable bonds is 18. The number of carbonyl (C=O) groups excluding carboxylic acids is 7. The molecule has 2 aromatic rings. The fourth-order valence-corrected chi connectivity index (χ4v) is 11.1. The second-order valence-electron chi connectivity index (χ2n) is 26.5. The van der Waals surface area contributed by atoms with Gasteiger partial charge in [-0.1, -0.05) is 116 Å². The summed E-state index contributed by atoms with van der Waals surface area (Å²) >= 11 is 11.8. The van der Waals surface area contributed by atoms with E-state index >= 15 is 0 Å². The molecule has 0 spiro atoms. The molecule has 5 N–H and O–H groups in total. The third-order valence-corrected chi connectivity index (χ3v) is 15.4. The number of halogens is 2. The first-order chi connectivity index (χ1) is 39.6. The Morgan fingerprint density at radius 2 is 0.976 bits per heavy atom. The molecule has 0 aromatic carbocycles. The summed E-state index contributed by atoms with van der Waals surface area (Å²) in [7, 11) is 0. The summed E-state index contributed by atoms with van der Waals surface area (Å²) in [5.41, 5.74) is -3.01. The Balaban J connectivity index is 0.000000311. The summed E-state index contributed by atoms with van der Waals surface area (Å²) in [6.45, 7) is 25.0. The Kier molecular flexibility index (Phi) is 24.7. The number of aliphatic carboxylic acids is 1. The van der Waals surface area contributed by atoms with Crippen molar-refractivity contribution in [2.75, 3.05) is 19.7 Å². The van der Waals surface area contributed by atoms with Crippen LogP contribution in [0.2, 0.25) is 10.0 Å². The highest BCUT2D eigenvalue weighted by atomic mass is 35.5. The van der Waals surface area contributed by atoms with E-state index in [0.717, 1.165) is 64.2 Å². The van der Waals surface area contributed by atoms with Crippen LogP contribution in [0.3, 0.4) is 0 Å². The van der Waals surface area contributed by atoms with Crippen LogP contribution >= 0.6 is 23.2 Å². The molecule has 24 heteroatoms. The molecule has 2 saturated heterocycles. The van der Waals surface area contributed by atoms with Gasteiger partial charge in [0.05, 0.1) is 23.1 Å². The number of pyridine rings is 2. The zero-order chi connectivity index (χ0) is 63.2. The lowest BCUT2D eigenvalue weighted by atomic mass is 9.82. The van der Waals surface area contributed by atoms with Crippen LogP contribution < -0.4 is 30.7 Å². The first-order valence-corrected chi connectivity index (χ1v) is 30.2. The van der Waals surface area contributed by atoms with Crippen LogP contribution in [0.25, 0.3) is 0 Å². The minimum Gasteiger partial charge on any atom is -0.480 e. The Labute approximate surface area is 510 Å². The number of hydrogen-bond acceptors (Lipinski definition) is 15. The molecule has 4 aliphatic rings. The molecule has 85 heavy (non-hydrogen) atoms. The molecule has 2 aromatic heterocycles. The largest absolute Gasteiger partial charge is 0.480 e. The van der Waals surface area contributed by atoms with Crippen molar-refractivity contribution < 1.29 is 67.1 Å². The SMILES string of the molecule is C=CCOC(=O)[C@@H]1C[C@@H](Oc2ccc(Cl)cn2)CN1C(=O)[C@@H](NC(=O)[C@@H](NC(=O)OC(C)(C)C)C1CCCCC1)C(C)(C)C.CC(C)(C)OC(=O)N[C@H](C(=O)N[C@H](C(=O)N1C[C@H](Oc2ccc(Cl)cn2)C[C@H]1C(=O)O)C(C)(C)C)C1CCCCC1. The number of ether oxygens (including phenoxy) is 5. The van der Waals surface area contributed by atoms with Crippen LogP contribution in [0, 0.1) is 22.7 Å². The van der Waals surface area contributed by atoms with Gasteiger partial charge in [-0.2, -0.15) is 0 Å². The van der Waals surface area contributed by atoms with E-state index in [-0.39, 0.29) is 50.3 Å². The van der Waals surface area contributed by atoms with E-state index < -0.39 is 118 Å². The molecular formula is C61H90Cl2N8O14. The molecule has 6 rings (SSSR count). The number of likely N-dealkylation sites (tertiary alicyclic amines) is 2. The molecule has 2 saturated carbocycles. The van der Waals surface area contributed by atoms with Crippen molar-refractivity contribution in [3.05, 3.63) is 59.4 Å². The van der Waals surface area contributed by atoms with Gasteiger partial charge in [0, 0.05) is 37.4 Å². The van der Waals surface area contributed by atoms with Gasteiger partial charge in [0.25, 0.3) is 0 Å². The molecule has 22 nitrogen and oxygen atoms in total. The summed E-state index contributed by atoms with van der Waals surface area (Å²) in [6, 6.07) is 0.464. The summed E-state index contributed by atoms with van der Waals surface area (Å²) in [5.74, 6) is -3.38. The molecule has 4 heterocycles. The van der Waals surface area contributed by atoms with Crippen molar-refractivity contribution in [2.45, 2.75) is 220 Å². The van der Waals surface area contributed by atoms with Crippen molar-refractivity contribution in [2.24, 2.45) is 22.7 Å². The van der Waals surface area contributed by atoms with Gasteiger partial charge in [-0.25, -0.2) is 29.1 Å². The number of carboxylic acids is 1. The summed E-state index contributed by atoms with van der Waals surface area (Å²) in [4.78, 5) is 118. The molecule has 6 amide bonds. The van der Waals surface area contributed by atoms with Crippen molar-refractivity contribution in [1.82, 2.24) is 41.0 Å².